The topological polar surface area (TPSA) is 31.2 Å². The number of hydrogen-bond acceptors (Lipinski definition) is 2. The van der Waals surface area contributed by atoms with E-state index in [2.05, 4.69) is 0 Å². The van der Waals surface area contributed by atoms with Crippen molar-refractivity contribution in [2.24, 2.45) is 0 Å². The highest BCUT2D eigenvalue weighted by Crippen LogP contribution is 2.35. The second-order valence-electron chi connectivity index (χ2n) is 5.76. The van der Waals surface area contributed by atoms with Gasteiger partial charge in [0, 0.05) is 22.5 Å². The molecule has 2 aromatic carbocycles. The molecular weight excluding hydrogens is 343 g/mol. The third kappa shape index (κ3) is 3.22. The van der Waals surface area contributed by atoms with E-state index in [9.17, 15) is 18.0 Å². The molecule has 6 heteroatoms. The van der Waals surface area contributed by atoms with Gasteiger partial charge in [-0.1, -0.05) is 18.2 Å². The van der Waals surface area contributed by atoms with Gasteiger partial charge in [-0.15, -0.1) is 0 Å². The molecule has 0 amide bonds. The molecular formula is C20H16F3NO2. The highest BCUT2D eigenvalue weighted by atomic mass is 19.4. The van der Waals surface area contributed by atoms with E-state index < -0.39 is 17.7 Å². The Hall–Kier alpha value is -3.02. The summed E-state index contributed by atoms with van der Waals surface area (Å²) in [5.41, 5.74) is 0.0349. The van der Waals surface area contributed by atoms with E-state index in [1.54, 1.807) is 42.5 Å². The number of ether oxygens (including phenoxy) is 1. The Balaban J connectivity index is 2.13. The van der Waals surface area contributed by atoms with Crippen molar-refractivity contribution in [2.75, 3.05) is 7.11 Å². The van der Waals surface area contributed by atoms with Gasteiger partial charge < -0.3 is 9.30 Å². The number of hydrogen-bond donors (Lipinski definition) is 0. The van der Waals surface area contributed by atoms with Crippen molar-refractivity contribution in [1.29, 1.82) is 0 Å². The number of ketones is 1. The van der Waals surface area contributed by atoms with Crippen LogP contribution in [0.15, 0.2) is 60.7 Å². The van der Waals surface area contributed by atoms with Gasteiger partial charge in [0.25, 0.3) is 0 Å². The number of carbonyl (C=O) groups excluding carboxylic acids is 1. The van der Waals surface area contributed by atoms with Crippen LogP contribution in [-0.2, 0) is 6.18 Å². The minimum Gasteiger partial charge on any atom is -0.497 e. The van der Waals surface area contributed by atoms with E-state index in [0.717, 1.165) is 10.6 Å². The predicted molar refractivity (Wildman–Crippen MR) is 91.9 cm³/mol. The van der Waals surface area contributed by atoms with Gasteiger partial charge >= 0.3 is 6.18 Å². The van der Waals surface area contributed by atoms with Crippen LogP contribution in [-0.4, -0.2) is 17.5 Å². The number of alkyl halides is 3. The van der Waals surface area contributed by atoms with Crippen molar-refractivity contribution in [3.05, 3.63) is 83.2 Å². The van der Waals surface area contributed by atoms with Crippen LogP contribution in [0.2, 0.25) is 0 Å². The molecule has 0 bridgehead atoms. The summed E-state index contributed by atoms with van der Waals surface area (Å²) in [5, 5.41) is 0. The zero-order valence-corrected chi connectivity index (χ0v) is 14.2. The minimum absolute atomic E-state index is 0.0198. The third-order valence-electron chi connectivity index (χ3n) is 4.15. The second-order valence-corrected chi connectivity index (χ2v) is 5.76. The molecule has 0 aliphatic carbocycles. The number of halogens is 3. The molecule has 0 unspecified atom stereocenters. The van der Waals surface area contributed by atoms with E-state index in [4.69, 9.17) is 4.74 Å². The average molecular weight is 359 g/mol. The molecule has 0 aliphatic heterocycles. The smallest absolute Gasteiger partial charge is 0.431 e. The van der Waals surface area contributed by atoms with Crippen LogP contribution >= 0.6 is 0 Å². The molecule has 0 atom stereocenters. The van der Waals surface area contributed by atoms with Gasteiger partial charge in [0.1, 0.15) is 11.4 Å². The van der Waals surface area contributed by atoms with Crippen molar-refractivity contribution >= 4 is 5.78 Å². The van der Waals surface area contributed by atoms with Gasteiger partial charge in [0.05, 0.1) is 7.11 Å². The Kier molecular flexibility index (Phi) is 4.59. The zero-order valence-electron chi connectivity index (χ0n) is 14.2. The second kappa shape index (κ2) is 6.71. The van der Waals surface area contributed by atoms with Gasteiger partial charge in [0.2, 0.25) is 0 Å². The van der Waals surface area contributed by atoms with Gasteiger partial charge in [-0.3, -0.25) is 4.79 Å². The number of carbonyl (C=O) groups is 1. The number of nitrogens with zero attached hydrogens (tertiary/aromatic N) is 1. The first-order valence-electron chi connectivity index (χ1n) is 7.86. The van der Waals surface area contributed by atoms with Crippen molar-refractivity contribution < 1.29 is 22.7 Å². The Labute approximate surface area is 148 Å². The molecule has 0 aliphatic rings. The van der Waals surface area contributed by atoms with E-state index in [0.29, 0.717) is 17.0 Å². The first kappa shape index (κ1) is 17.8. The number of aromatic nitrogens is 1. The Morgan fingerprint density at radius 1 is 1.00 bits per heavy atom. The maximum Gasteiger partial charge on any atom is 0.431 e. The maximum atomic E-state index is 13.5. The van der Waals surface area contributed by atoms with Crippen LogP contribution in [0.1, 0.15) is 27.3 Å². The summed E-state index contributed by atoms with van der Waals surface area (Å²) >= 11 is 0. The quantitative estimate of drug-likeness (QED) is 0.611. The van der Waals surface area contributed by atoms with Gasteiger partial charge in [-0.25, -0.2) is 0 Å². The summed E-state index contributed by atoms with van der Waals surface area (Å²) in [7, 11) is 1.50. The summed E-state index contributed by atoms with van der Waals surface area (Å²) in [6, 6.07) is 15.4. The van der Waals surface area contributed by atoms with Crippen molar-refractivity contribution in [2.45, 2.75) is 13.1 Å². The number of methoxy groups -OCH3 is 1. The normalized spacial score (nSPS) is 11.4. The van der Waals surface area contributed by atoms with E-state index >= 15 is 0 Å². The molecule has 134 valence electrons. The maximum absolute atomic E-state index is 13.5. The summed E-state index contributed by atoms with van der Waals surface area (Å²) < 4.78 is 46.7. The van der Waals surface area contributed by atoms with E-state index in [-0.39, 0.29) is 11.3 Å². The van der Waals surface area contributed by atoms with E-state index in [1.165, 1.54) is 26.2 Å². The molecule has 3 aromatic rings. The van der Waals surface area contributed by atoms with Gasteiger partial charge in [0.15, 0.2) is 5.78 Å². The van der Waals surface area contributed by atoms with Crippen LogP contribution in [0.25, 0.3) is 5.69 Å². The summed E-state index contributed by atoms with van der Waals surface area (Å²) in [5.74, 6) is 0.0986. The molecule has 0 spiro atoms. The molecule has 3 nitrogen and oxygen atoms in total. The largest absolute Gasteiger partial charge is 0.497 e. The molecule has 0 saturated carbocycles. The van der Waals surface area contributed by atoms with Crippen molar-refractivity contribution in [3.63, 3.8) is 0 Å². The highest BCUT2D eigenvalue weighted by molar-refractivity contribution is 6.10. The monoisotopic (exact) mass is 359 g/mol. The fourth-order valence-electron chi connectivity index (χ4n) is 2.85. The van der Waals surface area contributed by atoms with Crippen LogP contribution < -0.4 is 4.74 Å². The Morgan fingerprint density at radius 3 is 2.15 bits per heavy atom. The fraction of sp³-hybridized carbons (Fsp3) is 0.150. The molecule has 1 aromatic heterocycles. The standard InChI is InChI=1S/C20H16F3NO2/c1-13-17(19(25)14-8-10-16(26-2)11-9-14)12-18(20(21,22)23)24(13)15-6-4-3-5-7-15/h3-12H,1-2H3. The minimum atomic E-state index is -4.58. The highest BCUT2D eigenvalue weighted by Gasteiger charge is 2.37. The first-order chi connectivity index (χ1) is 12.3. The lowest BCUT2D eigenvalue weighted by Gasteiger charge is -2.14. The Morgan fingerprint density at radius 2 is 1.62 bits per heavy atom. The summed E-state index contributed by atoms with van der Waals surface area (Å²) in [6.45, 7) is 1.51. The molecule has 3 rings (SSSR count). The fourth-order valence-corrected chi connectivity index (χ4v) is 2.85. The van der Waals surface area contributed by atoms with Crippen molar-refractivity contribution in [3.8, 4) is 11.4 Å². The average Bonchev–Trinajstić information content (AvgIpc) is 2.99. The van der Waals surface area contributed by atoms with Crippen molar-refractivity contribution in [1.82, 2.24) is 4.57 Å². The lowest BCUT2D eigenvalue weighted by Crippen LogP contribution is -2.13. The molecule has 26 heavy (non-hydrogen) atoms. The SMILES string of the molecule is COc1ccc(C(=O)c2cc(C(F)(F)F)n(-c3ccccc3)c2C)cc1. The predicted octanol–water partition coefficient (Wildman–Crippen LogP) is 5.04. The number of para-hydroxylation sites is 1. The van der Waals surface area contributed by atoms with E-state index in [1.807, 2.05) is 0 Å². The van der Waals surface area contributed by atoms with Gasteiger partial charge in [-0.05, 0) is 49.4 Å². The van der Waals surface area contributed by atoms with Crippen LogP contribution in [0.3, 0.4) is 0 Å². The lowest BCUT2D eigenvalue weighted by atomic mass is 10.0. The third-order valence-corrected chi connectivity index (χ3v) is 4.15. The molecule has 0 radical (unpaired) electrons. The number of benzene rings is 2. The van der Waals surface area contributed by atoms with Gasteiger partial charge in [-0.2, -0.15) is 13.2 Å². The Bertz CT molecular complexity index is 926. The lowest BCUT2D eigenvalue weighted by molar-refractivity contribution is -0.142. The molecule has 0 N–H and O–H groups in total. The first-order valence-corrected chi connectivity index (χ1v) is 7.86. The number of rotatable bonds is 4. The summed E-state index contributed by atoms with van der Waals surface area (Å²) in [6.07, 6.45) is -4.58. The molecule has 0 saturated heterocycles. The molecule has 0 fully saturated rings. The van der Waals surface area contributed by atoms with Crippen LogP contribution in [0.4, 0.5) is 13.2 Å². The van der Waals surface area contributed by atoms with Crippen LogP contribution in [0, 0.1) is 6.92 Å². The molecule has 1 heterocycles. The summed E-state index contributed by atoms with van der Waals surface area (Å²) in [4.78, 5) is 12.8. The zero-order chi connectivity index (χ0) is 18.9. The van der Waals surface area contributed by atoms with Crippen LogP contribution in [0.5, 0.6) is 5.75 Å².